The van der Waals surface area contributed by atoms with Gasteiger partial charge in [-0.15, -0.1) is 0 Å². The molecular formula is C23H21ClN2O3S. The van der Waals surface area contributed by atoms with E-state index in [1.807, 2.05) is 13.8 Å². The highest BCUT2D eigenvalue weighted by Gasteiger charge is 2.36. The van der Waals surface area contributed by atoms with Gasteiger partial charge in [0.2, 0.25) is 0 Å². The van der Waals surface area contributed by atoms with Gasteiger partial charge in [0.25, 0.3) is 15.9 Å². The highest BCUT2D eigenvalue weighted by Crippen LogP contribution is 2.37. The number of nitrogens with one attached hydrogen (secondary N) is 1. The van der Waals surface area contributed by atoms with Crippen LogP contribution in [0.5, 0.6) is 0 Å². The molecule has 1 aliphatic rings. The van der Waals surface area contributed by atoms with Crippen molar-refractivity contribution in [2.75, 3.05) is 9.62 Å². The predicted molar refractivity (Wildman–Crippen MR) is 120 cm³/mol. The first-order chi connectivity index (χ1) is 14.3. The topological polar surface area (TPSA) is 66.5 Å². The lowest BCUT2D eigenvalue weighted by Crippen LogP contribution is -2.35. The van der Waals surface area contributed by atoms with Crippen molar-refractivity contribution in [1.82, 2.24) is 0 Å². The van der Waals surface area contributed by atoms with Crippen LogP contribution in [-0.2, 0) is 16.4 Å². The first-order valence-electron chi connectivity index (χ1n) is 9.57. The lowest BCUT2D eigenvalue weighted by molar-refractivity contribution is 0.102. The van der Waals surface area contributed by atoms with E-state index in [1.165, 1.54) is 4.31 Å². The van der Waals surface area contributed by atoms with Crippen LogP contribution < -0.4 is 9.62 Å². The Morgan fingerprint density at radius 2 is 1.77 bits per heavy atom. The fraction of sp³-hybridized carbons (Fsp3) is 0.174. The number of carbonyl (C=O) groups is 1. The molecule has 30 heavy (non-hydrogen) atoms. The number of anilines is 2. The summed E-state index contributed by atoms with van der Waals surface area (Å²) < 4.78 is 27.9. The largest absolute Gasteiger partial charge is 0.321 e. The third kappa shape index (κ3) is 3.68. The Hall–Kier alpha value is -2.83. The number of aryl methyl sites for hydroxylation is 1. The Labute approximate surface area is 181 Å². The number of amides is 1. The summed E-state index contributed by atoms with van der Waals surface area (Å²) in [7, 11) is -3.69. The molecule has 1 atom stereocenters. The lowest BCUT2D eigenvalue weighted by Gasteiger charge is -2.24. The van der Waals surface area contributed by atoms with E-state index >= 15 is 0 Å². The van der Waals surface area contributed by atoms with Crippen molar-refractivity contribution in [3.8, 4) is 0 Å². The van der Waals surface area contributed by atoms with Crippen LogP contribution in [0.15, 0.2) is 71.6 Å². The van der Waals surface area contributed by atoms with Crippen molar-refractivity contribution in [2.24, 2.45) is 0 Å². The SMILES string of the molecule is Cc1ccc(S(=O)(=O)N2c3ccc(C(=O)Nc4ccccc4Cl)cc3C[C@@H]2C)cc1. The standard InChI is InChI=1S/C23H21ClN2O3S/c1-15-7-10-19(11-8-15)30(28,29)26-16(2)13-18-14-17(9-12-22(18)26)23(27)25-21-6-4-3-5-20(21)24/h3-12,14,16H,13H2,1-2H3,(H,25,27)/t16-/m0/s1. The van der Waals surface area contributed by atoms with Gasteiger partial charge >= 0.3 is 0 Å². The number of hydrogen-bond acceptors (Lipinski definition) is 3. The van der Waals surface area contributed by atoms with E-state index in [0.29, 0.717) is 28.4 Å². The fourth-order valence-electron chi connectivity index (χ4n) is 3.69. The minimum Gasteiger partial charge on any atom is -0.321 e. The average Bonchev–Trinajstić information content (AvgIpc) is 3.05. The summed E-state index contributed by atoms with van der Waals surface area (Å²) in [5.41, 5.74) is 3.41. The summed E-state index contributed by atoms with van der Waals surface area (Å²) in [5.74, 6) is -0.293. The second kappa shape index (κ2) is 7.78. The van der Waals surface area contributed by atoms with Crippen LogP contribution in [0.2, 0.25) is 5.02 Å². The zero-order chi connectivity index (χ0) is 21.5. The number of hydrogen-bond donors (Lipinski definition) is 1. The minimum absolute atomic E-state index is 0.242. The molecule has 0 bridgehead atoms. The van der Waals surface area contributed by atoms with E-state index in [2.05, 4.69) is 5.32 Å². The second-order valence-corrected chi connectivity index (χ2v) is 9.67. The summed E-state index contributed by atoms with van der Waals surface area (Å²) in [6, 6.07) is 18.7. The number of carbonyl (C=O) groups excluding carboxylic acids is 1. The monoisotopic (exact) mass is 440 g/mol. The molecule has 0 saturated heterocycles. The maximum atomic E-state index is 13.2. The van der Waals surface area contributed by atoms with Gasteiger partial charge in [-0.2, -0.15) is 0 Å². The Morgan fingerprint density at radius 3 is 2.47 bits per heavy atom. The summed E-state index contributed by atoms with van der Waals surface area (Å²) in [5, 5.41) is 3.25. The molecule has 0 aliphatic carbocycles. The third-order valence-corrected chi connectivity index (χ3v) is 7.47. The van der Waals surface area contributed by atoms with Crippen molar-refractivity contribution in [2.45, 2.75) is 31.2 Å². The molecule has 0 fully saturated rings. The van der Waals surface area contributed by atoms with E-state index in [-0.39, 0.29) is 16.8 Å². The number of para-hydroxylation sites is 1. The van der Waals surface area contributed by atoms with Gasteiger partial charge < -0.3 is 5.32 Å². The number of benzene rings is 3. The van der Waals surface area contributed by atoms with E-state index < -0.39 is 10.0 Å². The molecule has 0 radical (unpaired) electrons. The van der Waals surface area contributed by atoms with Crippen molar-refractivity contribution >= 4 is 38.9 Å². The molecule has 3 aromatic carbocycles. The van der Waals surface area contributed by atoms with E-state index in [0.717, 1.165) is 11.1 Å². The predicted octanol–water partition coefficient (Wildman–Crippen LogP) is 5.04. The van der Waals surface area contributed by atoms with Crippen LogP contribution >= 0.6 is 11.6 Å². The number of fused-ring (bicyclic) bond motifs is 1. The number of rotatable bonds is 4. The number of halogens is 1. The van der Waals surface area contributed by atoms with Crippen molar-refractivity contribution < 1.29 is 13.2 Å². The van der Waals surface area contributed by atoms with Gasteiger partial charge in [-0.3, -0.25) is 9.10 Å². The molecule has 1 heterocycles. The van der Waals surface area contributed by atoms with Gasteiger partial charge in [-0.1, -0.05) is 41.4 Å². The van der Waals surface area contributed by atoms with Gasteiger partial charge in [-0.25, -0.2) is 8.42 Å². The molecular weight excluding hydrogens is 420 g/mol. The molecule has 0 aromatic heterocycles. The van der Waals surface area contributed by atoms with Gasteiger partial charge in [0, 0.05) is 11.6 Å². The molecule has 0 unspecified atom stereocenters. The summed E-state index contributed by atoms with van der Waals surface area (Å²) in [6.45, 7) is 3.79. The highest BCUT2D eigenvalue weighted by molar-refractivity contribution is 7.92. The number of sulfonamides is 1. The molecule has 4 rings (SSSR count). The second-order valence-electron chi connectivity index (χ2n) is 7.44. The van der Waals surface area contributed by atoms with Crippen LogP contribution in [-0.4, -0.2) is 20.4 Å². The molecule has 5 nitrogen and oxygen atoms in total. The molecule has 1 N–H and O–H groups in total. The molecule has 1 aliphatic heterocycles. The molecule has 1 amide bonds. The van der Waals surface area contributed by atoms with Gasteiger partial charge in [0.05, 0.1) is 21.3 Å². The summed E-state index contributed by atoms with van der Waals surface area (Å²) >= 11 is 6.12. The summed E-state index contributed by atoms with van der Waals surface area (Å²) in [4.78, 5) is 12.9. The lowest BCUT2D eigenvalue weighted by atomic mass is 10.1. The zero-order valence-electron chi connectivity index (χ0n) is 16.6. The smallest absolute Gasteiger partial charge is 0.264 e. The van der Waals surface area contributed by atoms with Gasteiger partial charge in [0.1, 0.15) is 0 Å². The van der Waals surface area contributed by atoms with Crippen LogP contribution in [0, 0.1) is 6.92 Å². The van der Waals surface area contributed by atoms with Gasteiger partial charge in [0.15, 0.2) is 0 Å². The molecule has 154 valence electrons. The van der Waals surface area contributed by atoms with Crippen molar-refractivity contribution in [3.05, 3.63) is 88.4 Å². The van der Waals surface area contributed by atoms with Crippen molar-refractivity contribution in [1.29, 1.82) is 0 Å². The average molecular weight is 441 g/mol. The van der Waals surface area contributed by atoms with Crippen molar-refractivity contribution in [3.63, 3.8) is 0 Å². The minimum atomic E-state index is -3.69. The van der Waals surface area contributed by atoms with E-state index in [4.69, 9.17) is 11.6 Å². The fourth-order valence-corrected chi connectivity index (χ4v) is 5.57. The molecule has 0 saturated carbocycles. The molecule has 0 spiro atoms. The van der Waals surface area contributed by atoms with Crippen LogP contribution in [0.25, 0.3) is 0 Å². The maximum Gasteiger partial charge on any atom is 0.264 e. The Bertz CT molecular complexity index is 1220. The van der Waals surface area contributed by atoms with Gasteiger partial charge in [-0.05, 0) is 68.3 Å². The maximum absolute atomic E-state index is 13.2. The highest BCUT2D eigenvalue weighted by atomic mass is 35.5. The normalized spacial score (nSPS) is 15.7. The molecule has 7 heteroatoms. The third-order valence-electron chi connectivity index (χ3n) is 5.19. The zero-order valence-corrected chi connectivity index (χ0v) is 18.2. The first-order valence-corrected chi connectivity index (χ1v) is 11.4. The van der Waals surface area contributed by atoms with Crippen LogP contribution in [0.3, 0.4) is 0 Å². The van der Waals surface area contributed by atoms with Crippen LogP contribution in [0.1, 0.15) is 28.4 Å². The van der Waals surface area contributed by atoms with E-state index in [9.17, 15) is 13.2 Å². The van der Waals surface area contributed by atoms with Crippen LogP contribution in [0.4, 0.5) is 11.4 Å². The Balaban J connectivity index is 1.64. The molecule has 3 aromatic rings. The van der Waals surface area contributed by atoms with E-state index in [1.54, 1.807) is 66.7 Å². The quantitative estimate of drug-likeness (QED) is 0.618. The Morgan fingerprint density at radius 1 is 1.07 bits per heavy atom. The first kappa shape index (κ1) is 20.4. The summed E-state index contributed by atoms with van der Waals surface area (Å²) in [6.07, 6.45) is 0.535. The Kier molecular flexibility index (Phi) is 5.30. The number of nitrogens with zero attached hydrogens (tertiary/aromatic N) is 1.